The van der Waals surface area contributed by atoms with Gasteiger partial charge in [0.2, 0.25) is 0 Å². The number of aliphatic imine (C=N–C) groups is 1. The van der Waals surface area contributed by atoms with Crippen LogP contribution in [0.3, 0.4) is 0 Å². The molecule has 0 aliphatic rings. The van der Waals surface area contributed by atoms with Crippen molar-refractivity contribution in [3.8, 4) is 0 Å². The Morgan fingerprint density at radius 2 is 2.14 bits per heavy atom. The zero-order valence-electron chi connectivity index (χ0n) is 13.4. The van der Waals surface area contributed by atoms with Crippen molar-refractivity contribution in [3.63, 3.8) is 0 Å². The van der Waals surface area contributed by atoms with Gasteiger partial charge < -0.3 is 9.88 Å². The van der Waals surface area contributed by atoms with Gasteiger partial charge in [-0.25, -0.2) is 4.98 Å². The van der Waals surface area contributed by atoms with Crippen molar-refractivity contribution in [2.24, 2.45) is 12.0 Å². The average Bonchev–Trinajstić information content (AvgIpc) is 2.80. The molecule has 110 valence electrons. The molecule has 2 heterocycles. The van der Waals surface area contributed by atoms with Crippen LogP contribution in [0.2, 0.25) is 0 Å². The Morgan fingerprint density at radius 3 is 2.81 bits per heavy atom. The third-order valence-electron chi connectivity index (χ3n) is 3.64. The summed E-state index contributed by atoms with van der Waals surface area (Å²) < 4.78 is 2.02. The van der Waals surface area contributed by atoms with E-state index < -0.39 is 0 Å². The van der Waals surface area contributed by atoms with Crippen molar-refractivity contribution in [2.45, 2.75) is 20.8 Å². The van der Waals surface area contributed by atoms with Gasteiger partial charge in [0, 0.05) is 55.0 Å². The summed E-state index contributed by atoms with van der Waals surface area (Å²) in [6, 6.07) is 2.14. The fourth-order valence-electron chi connectivity index (χ4n) is 2.16. The smallest absolute Gasteiger partial charge is 0.140 e. The van der Waals surface area contributed by atoms with Gasteiger partial charge in [-0.15, -0.1) is 0 Å². The summed E-state index contributed by atoms with van der Waals surface area (Å²) in [4.78, 5) is 8.65. The highest BCUT2D eigenvalue weighted by Gasteiger charge is 2.10. The number of rotatable bonds is 4. The molecule has 2 aromatic rings. The quantitative estimate of drug-likeness (QED) is 0.873. The maximum Gasteiger partial charge on any atom is 0.140 e. The first kappa shape index (κ1) is 15.0. The Bertz CT molecular complexity index is 747. The zero-order valence-corrected chi connectivity index (χ0v) is 13.4. The molecule has 0 amide bonds. The SMILES string of the molecule is C=C(NC=C(C)C(C)=NC)c1cn(C)c2ncc(C)cc12. The standard InChI is InChI=1S/C17H22N4/c1-11-7-15-16(10-21(6)17(15)20-8-11)14(4)19-9-12(2)13(3)18-5/h7-10,19H,4H2,1-3,5-6H3. The van der Waals surface area contributed by atoms with Gasteiger partial charge in [0.05, 0.1) is 0 Å². The minimum absolute atomic E-state index is 0.858. The Morgan fingerprint density at radius 1 is 1.43 bits per heavy atom. The highest BCUT2D eigenvalue weighted by Crippen LogP contribution is 2.24. The molecular weight excluding hydrogens is 260 g/mol. The van der Waals surface area contributed by atoms with Gasteiger partial charge in [0.1, 0.15) is 5.65 Å². The number of hydrogen-bond donors (Lipinski definition) is 1. The Balaban J connectivity index is 2.34. The van der Waals surface area contributed by atoms with E-state index >= 15 is 0 Å². The van der Waals surface area contributed by atoms with Gasteiger partial charge in [0.15, 0.2) is 0 Å². The number of aryl methyl sites for hydroxylation is 2. The Labute approximate surface area is 125 Å². The summed E-state index contributed by atoms with van der Waals surface area (Å²) in [7, 11) is 3.79. The highest BCUT2D eigenvalue weighted by molar-refractivity contribution is 5.97. The van der Waals surface area contributed by atoms with Crippen molar-refractivity contribution in [3.05, 3.63) is 47.9 Å². The number of allylic oxidation sites excluding steroid dienone is 1. The Kier molecular flexibility index (Phi) is 4.26. The summed E-state index contributed by atoms with van der Waals surface area (Å²) in [6.45, 7) is 10.2. The molecule has 0 saturated carbocycles. The van der Waals surface area contributed by atoms with Crippen LogP contribution in [0.15, 0.2) is 41.8 Å². The van der Waals surface area contributed by atoms with Crippen LogP contribution < -0.4 is 5.32 Å². The van der Waals surface area contributed by atoms with Crippen LogP contribution in [-0.4, -0.2) is 22.3 Å². The van der Waals surface area contributed by atoms with E-state index in [1.54, 1.807) is 7.05 Å². The van der Waals surface area contributed by atoms with Gasteiger partial charge in [0.25, 0.3) is 0 Å². The molecule has 0 saturated heterocycles. The van der Waals surface area contributed by atoms with E-state index in [2.05, 4.69) is 34.1 Å². The molecule has 0 unspecified atom stereocenters. The summed E-state index contributed by atoms with van der Waals surface area (Å²) >= 11 is 0. The maximum atomic E-state index is 4.48. The number of fused-ring (bicyclic) bond motifs is 1. The van der Waals surface area contributed by atoms with E-state index in [0.29, 0.717) is 0 Å². The van der Waals surface area contributed by atoms with Gasteiger partial charge in [-0.1, -0.05) is 6.58 Å². The van der Waals surface area contributed by atoms with E-state index in [0.717, 1.165) is 39.1 Å². The maximum absolute atomic E-state index is 4.48. The monoisotopic (exact) mass is 282 g/mol. The second-order valence-corrected chi connectivity index (χ2v) is 5.30. The van der Waals surface area contributed by atoms with Crippen molar-refractivity contribution in [1.29, 1.82) is 0 Å². The van der Waals surface area contributed by atoms with E-state index in [1.165, 1.54) is 0 Å². The molecule has 4 nitrogen and oxygen atoms in total. The number of hydrogen-bond acceptors (Lipinski definition) is 3. The number of nitrogens with zero attached hydrogens (tertiary/aromatic N) is 3. The average molecular weight is 282 g/mol. The molecule has 0 bridgehead atoms. The predicted octanol–water partition coefficient (Wildman–Crippen LogP) is 3.44. The summed E-state index contributed by atoms with van der Waals surface area (Å²) in [5.41, 5.74) is 6.13. The van der Waals surface area contributed by atoms with Crippen molar-refractivity contribution in [1.82, 2.24) is 14.9 Å². The second-order valence-electron chi connectivity index (χ2n) is 5.30. The summed E-state index contributed by atoms with van der Waals surface area (Å²) in [5, 5.41) is 4.37. The minimum atomic E-state index is 0.858. The molecule has 4 heteroatoms. The molecule has 2 aromatic heterocycles. The second kappa shape index (κ2) is 5.95. The fraction of sp³-hybridized carbons (Fsp3) is 0.294. The van der Waals surface area contributed by atoms with Crippen LogP contribution >= 0.6 is 0 Å². The zero-order chi connectivity index (χ0) is 15.6. The lowest BCUT2D eigenvalue weighted by Gasteiger charge is -2.06. The molecular formula is C17H22N4. The lowest BCUT2D eigenvalue weighted by Crippen LogP contribution is -2.06. The topological polar surface area (TPSA) is 42.2 Å². The van der Waals surface area contributed by atoms with E-state index in [-0.39, 0.29) is 0 Å². The lowest BCUT2D eigenvalue weighted by molar-refractivity contribution is 0.945. The third-order valence-corrected chi connectivity index (χ3v) is 3.64. The van der Waals surface area contributed by atoms with Crippen LogP contribution in [-0.2, 0) is 7.05 Å². The molecule has 0 spiro atoms. The molecule has 0 aromatic carbocycles. The van der Waals surface area contributed by atoms with Gasteiger partial charge in [-0.3, -0.25) is 4.99 Å². The van der Waals surface area contributed by atoms with Crippen molar-refractivity contribution < 1.29 is 0 Å². The fourth-order valence-corrected chi connectivity index (χ4v) is 2.16. The van der Waals surface area contributed by atoms with Gasteiger partial charge in [-0.2, -0.15) is 0 Å². The van der Waals surface area contributed by atoms with Crippen molar-refractivity contribution >= 4 is 22.4 Å². The molecule has 0 aliphatic carbocycles. The third kappa shape index (κ3) is 3.05. The number of nitrogens with one attached hydrogen (secondary N) is 1. The molecule has 0 fully saturated rings. The minimum Gasteiger partial charge on any atom is -0.361 e. The van der Waals surface area contributed by atoms with Crippen LogP contribution in [0, 0.1) is 6.92 Å². The van der Waals surface area contributed by atoms with Crippen LogP contribution in [0.1, 0.15) is 25.0 Å². The first-order chi connectivity index (χ1) is 9.93. The van der Waals surface area contributed by atoms with E-state index in [1.807, 2.05) is 44.8 Å². The van der Waals surface area contributed by atoms with Crippen LogP contribution in [0.25, 0.3) is 16.7 Å². The molecule has 2 rings (SSSR count). The van der Waals surface area contributed by atoms with Crippen LogP contribution in [0.4, 0.5) is 0 Å². The first-order valence-electron chi connectivity index (χ1n) is 6.92. The Hall–Kier alpha value is -2.36. The molecule has 0 aliphatic heterocycles. The van der Waals surface area contributed by atoms with E-state index in [4.69, 9.17) is 0 Å². The number of aromatic nitrogens is 2. The first-order valence-corrected chi connectivity index (χ1v) is 6.92. The van der Waals surface area contributed by atoms with Crippen molar-refractivity contribution in [2.75, 3.05) is 7.05 Å². The van der Waals surface area contributed by atoms with Gasteiger partial charge in [-0.05, 0) is 38.0 Å². The molecule has 0 radical (unpaired) electrons. The molecule has 0 atom stereocenters. The summed E-state index contributed by atoms with van der Waals surface area (Å²) in [6.07, 6.45) is 5.87. The largest absolute Gasteiger partial charge is 0.361 e. The highest BCUT2D eigenvalue weighted by atomic mass is 15.0. The molecule has 1 N–H and O–H groups in total. The summed E-state index contributed by atoms with van der Waals surface area (Å²) in [5.74, 6) is 0. The predicted molar refractivity (Wildman–Crippen MR) is 90.4 cm³/mol. The van der Waals surface area contributed by atoms with Crippen LogP contribution in [0.5, 0.6) is 0 Å². The molecule has 21 heavy (non-hydrogen) atoms. The van der Waals surface area contributed by atoms with Gasteiger partial charge >= 0.3 is 0 Å². The van der Waals surface area contributed by atoms with E-state index in [9.17, 15) is 0 Å². The normalized spacial score (nSPS) is 12.8. The lowest BCUT2D eigenvalue weighted by atomic mass is 10.1. The number of pyridine rings is 1.